The predicted octanol–water partition coefficient (Wildman–Crippen LogP) is 1.30. The maximum Gasteiger partial charge on any atom is 0.0897 e. The minimum Gasteiger partial charge on any atom is -0.389 e. The third kappa shape index (κ3) is 8.02. The topological polar surface area (TPSA) is 58.6 Å². The van der Waals surface area contributed by atoms with Crippen LogP contribution in [0.15, 0.2) is 0 Å². The minimum atomic E-state index is -0.618. The highest BCUT2D eigenvalue weighted by atomic mass is 32.2. The van der Waals surface area contributed by atoms with Gasteiger partial charge in [0.2, 0.25) is 0 Å². The van der Waals surface area contributed by atoms with Crippen LogP contribution < -0.4 is 5.32 Å². The average Bonchev–Trinajstić information content (AvgIpc) is 2.35. The van der Waals surface area contributed by atoms with E-state index in [2.05, 4.69) is 26.1 Å². The minimum absolute atomic E-state index is 0.201. The van der Waals surface area contributed by atoms with E-state index in [0.29, 0.717) is 25.1 Å². The summed E-state index contributed by atoms with van der Waals surface area (Å²) >= 11 is 0. The first-order chi connectivity index (χ1) is 8.97. The molecule has 1 aliphatic heterocycles. The maximum atomic E-state index is 11.2. The molecule has 1 aliphatic rings. The molecule has 0 aromatic rings. The Hall–Kier alpha value is 0.0300. The fourth-order valence-electron chi connectivity index (χ4n) is 2.37. The van der Waals surface area contributed by atoms with E-state index in [1.807, 2.05) is 0 Å². The third-order valence-electron chi connectivity index (χ3n) is 3.41. The van der Waals surface area contributed by atoms with Gasteiger partial charge in [0.1, 0.15) is 0 Å². The fraction of sp³-hybridized carbons (Fsp3) is 1.00. The molecule has 0 aliphatic carbocycles. The molecule has 5 heteroatoms. The molecule has 1 saturated heterocycles. The maximum absolute atomic E-state index is 11.2. The number of hydrogen-bond donors (Lipinski definition) is 2. The van der Waals surface area contributed by atoms with E-state index >= 15 is 0 Å². The highest BCUT2D eigenvalue weighted by Crippen LogP contribution is 2.10. The first-order valence-corrected chi connectivity index (χ1v) is 8.84. The molecular weight excluding hydrogens is 262 g/mol. The largest absolute Gasteiger partial charge is 0.389 e. The zero-order valence-electron chi connectivity index (χ0n) is 12.4. The van der Waals surface area contributed by atoms with Crippen LogP contribution in [0.3, 0.4) is 0 Å². The SMILES string of the molecule is CC(C)CC(C)OCC(O)CNC1CCS(=O)CC1. The number of rotatable bonds is 8. The molecule has 0 bridgehead atoms. The number of hydrogen-bond acceptors (Lipinski definition) is 4. The van der Waals surface area contributed by atoms with Gasteiger partial charge in [-0.2, -0.15) is 0 Å². The van der Waals surface area contributed by atoms with Crippen LogP contribution in [0.25, 0.3) is 0 Å². The Kier molecular flexibility index (Phi) is 8.14. The molecule has 2 N–H and O–H groups in total. The molecule has 2 atom stereocenters. The first kappa shape index (κ1) is 17.1. The van der Waals surface area contributed by atoms with E-state index in [-0.39, 0.29) is 6.10 Å². The predicted molar refractivity (Wildman–Crippen MR) is 79.8 cm³/mol. The summed E-state index contributed by atoms with van der Waals surface area (Å²) in [5, 5.41) is 13.2. The Morgan fingerprint density at radius 3 is 2.53 bits per heavy atom. The van der Waals surface area contributed by atoms with Crippen molar-refractivity contribution in [2.24, 2.45) is 5.92 Å². The van der Waals surface area contributed by atoms with Gasteiger partial charge in [-0.3, -0.25) is 4.21 Å². The second-order valence-corrected chi connectivity index (χ2v) is 7.65. The zero-order chi connectivity index (χ0) is 14.3. The van der Waals surface area contributed by atoms with E-state index in [4.69, 9.17) is 4.74 Å². The molecule has 0 saturated carbocycles. The van der Waals surface area contributed by atoms with Gasteiger partial charge in [-0.15, -0.1) is 0 Å². The van der Waals surface area contributed by atoms with Gasteiger partial charge in [-0.25, -0.2) is 0 Å². The van der Waals surface area contributed by atoms with Crippen LogP contribution in [0.2, 0.25) is 0 Å². The summed E-state index contributed by atoms with van der Waals surface area (Å²) in [6.07, 6.45) is 2.66. The van der Waals surface area contributed by atoms with E-state index in [1.54, 1.807) is 0 Å². The normalized spacial score (nSPS) is 27.4. The Morgan fingerprint density at radius 2 is 1.95 bits per heavy atom. The van der Waals surface area contributed by atoms with E-state index < -0.39 is 16.9 Å². The smallest absolute Gasteiger partial charge is 0.0897 e. The zero-order valence-corrected chi connectivity index (χ0v) is 13.2. The number of nitrogens with one attached hydrogen (secondary N) is 1. The van der Waals surface area contributed by atoms with Crippen LogP contribution >= 0.6 is 0 Å². The molecule has 114 valence electrons. The van der Waals surface area contributed by atoms with Crippen molar-refractivity contribution in [3.63, 3.8) is 0 Å². The average molecular weight is 291 g/mol. The quantitative estimate of drug-likeness (QED) is 0.708. The van der Waals surface area contributed by atoms with Gasteiger partial charge in [0.15, 0.2) is 0 Å². The lowest BCUT2D eigenvalue weighted by Gasteiger charge is -2.24. The van der Waals surface area contributed by atoms with Crippen LogP contribution in [0.5, 0.6) is 0 Å². The summed E-state index contributed by atoms with van der Waals surface area (Å²) in [6, 6.07) is 0.403. The van der Waals surface area contributed by atoms with Crippen LogP contribution in [-0.2, 0) is 15.5 Å². The summed E-state index contributed by atoms with van der Waals surface area (Å²) in [4.78, 5) is 0. The van der Waals surface area contributed by atoms with E-state index in [0.717, 1.165) is 30.8 Å². The van der Waals surface area contributed by atoms with E-state index in [9.17, 15) is 9.32 Å². The Balaban J connectivity index is 2.07. The van der Waals surface area contributed by atoms with Crippen LogP contribution in [0.4, 0.5) is 0 Å². The molecule has 2 unspecified atom stereocenters. The molecule has 0 aromatic carbocycles. The Morgan fingerprint density at radius 1 is 1.32 bits per heavy atom. The number of aliphatic hydroxyl groups excluding tert-OH is 1. The number of ether oxygens (including phenoxy) is 1. The van der Waals surface area contributed by atoms with Crippen molar-refractivity contribution in [2.75, 3.05) is 24.7 Å². The first-order valence-electron chi connectivity index (χ1n) is 7.35. The van der Waals surface area contributed by atoms with E-state index in [1.165, 1.54) is 0 Å². The molecule has 0 radical (unpaired) electrons. The summed E-state index contributed by atoms with van der Waals surface area (Å²) in [5.41, 5.74) is 0. The van der Waals surface area contributed by atoms with Crippen molar-refractivity contribution in [3.05, 3.63) is 0 Å². The van der Waals surface area contributed by atoms with Crippen molar-refractivity contribution in [1.82, 2.24) is 5.32 Å². The van der Waals surface area contributed by atoms with Crippen LogP contribution in [-0.4, -0.2) is 52.2 Å². The lowest BCUT2D eigenvalue weighted by Crippen LogP contribution is -2.41. The summed E-state index contributed by atoms with van der Waals surface area (Å²) in [7, 11) is -0.618. The molecule has 1 fully saturated rings. The lowest BCUT2D eigenvalue weighted by atomic mass is 10.1. The van der Waals surface area contributed by atoms with Crippen molar-refractivity contribution in [3.8, 4) is 0 Å². The van der Waals surface area contributed by atoms with Crippen LogP contribution in [0, 0.1) is 5.92 Å². The van der Waals surface area contributed by atoms with Crippen molar-refractivity contribution >= 4 is 10.8 Å². The fourth-order valence-corrected chi connectivity index (χ4v) is 3.67. The number of aliphatic hydroxyl groups is 1. The molecule has 0 amide bonds. The van der Waals surface area contributed by atoms with Gasteiger partial charge in [0.05, 0.1) is 18.8 Å². The highest BCUT2D eigenvalue weighted by molar-refractivity contribution is 7.85. The lowest BCUT2D eigenvalue weighted by molar-refractivity contribution is -0.00933. The summed E-state index contributed by atoms with van der Waals surface area (Å²) in [5.74, 6) is 2.19. The highest BCUT2D eigenvalue weighted by Gasteiger charge is 2.18. The van der Waals surface area contributed by atoms with Gasteiger partial charge in [-0.05, 0) is 32.1 Å². The second-order valence-electron chi connectivity index (χ2n) is 5.96. The molecule has 19 heavy (non-hydrogen) atoms. The van der Waals surface area contributed by atoms with Crippen molar-refractivity contribution in [1.29, 1.82) is 0 Å². The monoisotopic (exact) mass is 291 g/mol. The molecule has 1 rings (SSSR count). The molecule has 0 spiro atoms. The third-order valence-corrected chi connectivity index (χ3v) is 4.79. The molecule has 4 nitrogen and oxygen atoms in total. The standard InChI is InChI=1S/C14H29NO3S/c1-11(2)8-12(3)18-10-14(16)9-15-13-4-6-19(17)7-5-13/h11-16H,4-10H2,1-3H3. The van der Waals surface area contributed by atoms with Gasteiger partial charge in [0, 0.05) is 34.9 Å². The Labute approximate surface area is 119 Å². The molecule has 0 aromatic heterocycles. The van der Waals surface area contributed by atoms with Gasteiger partial charge >= 0.3 is 0 Å². The van der Waals surface area contributed by atoms with Crippen molar-refractivity contribution in [2.45, 2.75) is 58.3 Å². The van der Waals surface area contributed by atoms with Crippen LogP contribution in [0.1, 0.15) is 40.0 Å². The molecule has 1 heterocycles. The summed E-state index contributed by atoms with van der Waals surface area (Å²) in [6.45, 7) is 7.34. The van der Waals surface area contributed by atoms with Gasteiger partial charge in [0.25, 0.3) is 0 Å². The molecular formula is C14H29NO3S. The van der Waals surface area contributed by atoms with Gasteiger partial charge in [-0.1, -0.05) is 13.8 Å². The second kappa shape index (κ2) is 9.06. The van der Waals surface area contributed by atoms with Crippen molar-refractivity contribution < 1.29 is 14.1 Å². The Bertz CT molecular complexity index is 263. The van der Waals surface area contributed by atoms with Gasteiger partial charge < -0.3 is 15.2 Å². The summed E-state index contributed by atoms with van der Waals surface area (Å²) < 4.78 is 16.9.